The molecule has 0 aliphatic carbocycles. The first-order chi connectivity index (χ1) is 7.24. The minimum absolute atomic E-state index is 0.330. The van der Waals surface area contributed by atoms with Gasteiger partial charge in [-0.1, -0.05) is 6.92 Å². The highest BCUT2D eigenvalue weighted by Crippen LogP contribution is 2.21. The first-order valence-corrected chi connectivity index (χ1v) is 5.19. The van der Waals surface area contributed by atoms with Gasteiger partial charge in [0, 0.05) is 7.05 Å². The van der Waals surface area contributed by atoms with Crippen LogP contribution >= 0.6 is 11.6 Å². The van der Waals surface area contributed by atoms with E-state index >= 15 is 0 Å². The van der Waals surface area contributed by atoms with Crippen LogP contribution in [-0.4, -0.2) is 20.0 Å². The molecule has 0 amide bonds. The molecule has 0 fully saturated rings. The first kappa shape index (κ1) is 10.2. The van der Waals surface area contributed by atoms with Gasteiger partial charge in [-0.3, -0.25) is 0 Å². The summed E-state index contributed by atoms with van der Waals surface area (Å²) in [5.41, 5.74) is 1.51. The Bertz CT molecular complexity index is 441. The molecule has 0 aliphatic heterocycles. The van der Waals surface area contributed by atoms with Crippen molar-refractivity contribution in [2.45, 2.75) is 19.2 Å². The highest BCUT2D eigenvalue weighted by molar-refractivity contribution is 6.16. The maximum absolute atomic E-state index is 5.74. The molecule has 6 heteroatoms. The van der Waals surface area contributed by atoms with E-state index in [1.807, 2.05) is 6.92 Å². The van der Waals surface area contributed by atoms with E-state index in [4.69, 9.17) is 16.0 Å². The summed E-state index contributed by atoms with van der Waals surface area (Å²) >= 11 is 5.74. The van der Waals surface area contributed by atoms with E-state index in [1.54, 1.807) is 13.2 Å². The average Bonchev–Trinajstić information content (AvgIpc) is 2.82. The average molecular weight is 227 g/mol. The quantitative estimate of drug-likeness (QED) is 0.749. The zero-order valence-electron chi connectivity index (χ0n) is 8.57. The van der Waals surface area contributed by atoms with Gasteiger partial charge in [0.2, 0.25) is 5.89 Å². The fourth-order valence-electron chi connectivity index (χ4n) is 1.32. The third-order valence-electron chi connectivity index (χ3n) is 2.05. The number of nitrogens with zero attached hydrogens (tertiary/aromatic N) is 4. The SMILES string of the molecule is CCc1nc(-c2cnn(C)n2)oc1CCl. The Hall–Kier alpha value is -1.36. The molecule has 0 radical (unpaired) electrons. The van der Waals surface area contributed by atoms with E-state index in [0.29, 0.717) is 23.2 Å². The van der Waals surface area contributed by atoms with Crippen LogP contribution in [0.15, 0.2) is 10.6 Å². The number of halogens is 1. The third kappa shape index (κ3) is 1.87. The van der Waals surface area contributed by atoms with Crippen molar-refractivity contribution in [1.29, 1.82) is 0 Å². The summed E-state index contributed by atoms with van der Waals surface area (Å²) in [6, 6.07) is 0. The van der Waals surface area contributed by atoms with Gasteiger partial charge < -0.3 is 4.42 Å². The van der Waals surface area contributed by atoms with Crippen molar-refractivity contribution in [2.24, 2.45) is 7.05 Å². The summed E-state index contributed by atoms with van der Waals surface area (Å²) in [6.45, 7) is 2.01. The van der Waals surface area contributed by atoms with Gasteiger partial charge in [0.15, 0.2) is 5.69 Å². The van der Waals surface area contributed by atoms with Crippen molar-refractivity contribution >= 4 is 11.6 Å². The number of alkyl halides is 1. The van der Waals surface area contributed by atoms with Crippen LogP contribution in [-0.2, 0) is 19.3 Å². The van der Waals surface area contributed by atoms with Gasteiger partial charge >= 0.3 is 0 Å². The molecule has 0 saturated heterocycles. The second-order valence-corrected chi connectivity index (χ2v) is 3.36. The molecule has 0 bridgehead atoms. The monoisotopic (exact) mass is 226 g/mol. The van der Waals surface area contributed by atoms with Crippen LogP contribution in [0, 0.1) is 0 Å². The van der Waals surface area contributed by atoms with E-state index in [9.17, 15) is 0 Å². The second-order valence-electron chi connectivity index (χ2n) is 3.10. The van der Waals surface area contributed by atoms with Crippen LogP contribution in [0.2, 0.25) is 0 Å². The molecule has 5 nitrogen and oxygen atoms in total. The number of hydrogen-bond donors (Lipinski definition) is 0. The zero-order valence-corrected chi connectivity index (χ0v) is 9.32. The van der Waals surface area contributed by atoms with Crippen LogP contribution < -0.4 is 0 Å². The fourth-order valence-corrected chi connectivity index (χ4v) is 1.53. The molecule has 2 rings (SSSR count). The number of aromatic nitrogens is 4. The van der Waals surface area contributed by atoms with Crippen molar-refractivity contribution in [3.05, 3.63) is 17.7 Å². The van der Waals surface area contributed by atoms with Crippen molar-refractivity contribution in [3.8, 4) is 11.6 Å². The maximum atomic E-state index is 5.74. The van der Waals surface area contributed by atoms with E-state index in [1.165, 1.54) is 4.80 Å². The molecule has 0 unspecified atom stereocenters. The summed E-state index contributed by atoms with van der Waals surface area (Å²) in [5.74, 6) is 1.52. The zero-order chi connectivity index (χ0) is 10.8. The van der Waals surface area contributed by atoms with E-state index < -0.39 is 0 Å². The third-order valence-corrected chi connectivity index (χ3v) is 2.30. The molecule has 0 aliphatic rings. The Kier molecular flexibility index (Phi) is 2.73. The largest absolute Gasteiger partial charge is 0.438 e. The lowest BCUT2D eigenvalue weighted by Crippen LogP contribution is -1.91. The normalized spacial score (nSPS) is 10.9. The van der Waals surface area contributed by atoms with Crippen LogP contribution in [0.5, 0.6) is 0 Å². The summed E-state index contributed by atoms with van der Waals surface area (Å²) in [4.78, 5) is 5.78. The predicted octanol–water partition coefficient (Wildman–Crippen LogP) is 1.77. The van der Waals surface area contributed by atoms with Gasteiger partial charge in [-0.05, 0) is 6.42 Å². The maximum Gasteiger partial charge on any atom is 0.249 e. The van der Waals surface area contributed by atoms with Crippen LogP contribution in [0.4, 0.5) is 0 Å². The van der Waals surface area contributed by atoms with Gasteiger partial charge in [-0.25, -0.2) is 4.98 Å². The molecule has 0 spiro atoms. The number of hydrogen-bond acceptors (Lipinski definition) is 4. The number of rotatable bonds is 3. The second kappa shape index (κ2) is 4.02. The first-order valence-electron chi connectivity index (χ1n) is 4.65. The Balaban J connectivity index is 2.41. The highest BCUT2D eigenvalue weighted by Gasteiger charge is 2.14. The van der Waals surface area contributed by atoms with E-state index in [0.717, 1.165) is 12.1 Å². The molecule has 0 atom stereocenters. The Morgan fingerprint density at radius 2 is 2.33 bits per heavy atom. The molecule has 15 heavy (non-hydrogen) atoms. The Morgan fingerprint density at radius 3 is 2.80 bits per heavy atom. The molecule has 0 saturated carbocycles. The van der Waals surface area contributed by atoms with Gasteiger partial charge in [0.25, 0.3) is 0 Å². The summed E-state index contributed by atoms with van der Waals surface area (Å²) in [6.07, 6.45) is 2.41. The molecular weight excluding hydrogens is 216 g/mol. The molecule has 2 heterocycles. The van der Waals surface area contributed by atoms with Crippen molar-refractivity contribution in [3.63, 3.8) is 0 Å². The molecular formula is C9H11ClN4O. The lowest BCUT2D eigenvalue weighted by molar-refractivity contribution is 0.530. The number of aryl methyl sites for hydroxylation is 2. The molecule has 0 aromatic carbocycles. The molecule has 0 N–H and O–H groups in total. The van der Waals surface area contributed by atoms with Gasteiger partial charge in [-0.15, -0.1) is 16.7 Å². The van der Waals surface area contributed by atoms with Gasteiger partial charge in [0.05, 0.1) is 17.8 Å². The fraction of sp³-hybridized carbons (Fsp3) is 0.444. The lowest BCUT2D eigenvalue weighted by atomic mass is 10.3. The topological polar surface area (TPSA) is 56.7 Å². The van der Waals surface area contributed by atoms with Crippen LogP contribution in [0.25, 0.3) is 11.6 Å². The Labute approximate surface area is 92.1 Å². The van der Waals surface area contributed by atoms with Crippen molar-refractivity contribution < 1.29 is 4.42 Å². The minimum Gasteiger partial charge on any atom is -0.438 e. The highest BCUT2D eigenvalue weighted by atomic mass is 35.5. The van der Waals surface area contributed by atoms with Crippen molar-refractivity contribution in [1.82, 2.24) is 20.0 Å². The van der Waals surface area contributed by atoms with E-state index in [-0.39, 0.29) is 0 Å². The smallest absolute Gasteiger partial charge is 0.249 e. The molecule has 2 aromatic rings. The van der Waals surface area contributed by atoms with Gasteiger partial charge in [-0.2, -0.15) is 9.90 Å². The van der Waals surface area contributed by atoms with Gasteiger partial charge in [0.1, 0.15) is 5.76 Å². The Morgan fingerprint density at radius 1 is 1.53 bits per heavy atom. The van der Waals surface area contributed by atoms with Crippen LogP contribution in [0.3, 0.4) is 0 Å². The van der Waals surface area contributed by atoms with E-state index in [2.05, 4.69) is 15.2 Å². The summed E-state index contributed by atoms with van der Waals surface area (Å²) in [7, 11) is 1.75. The molecule has 80 valence electrons. The van der Waals surface area contributed by atoms with Crippen LogP contribution in [0.1, 0.15) is 18.4 Å². The standard InChI is InChI=1S/C9H11ClN4O/c1-3-6-8(4-10)15-9(12-6)7-5-11-14(2)13-7/h5H,3-4H2,1-2H3. The van der Waals surface area contributed by atoms with Crippen molar-refractivity contribution in [2.75, 3.05) is 0 Å². The summed E-state index contributed by atoms with van der Waals surface area (Å²) in [5, 5.41) is 8.07. The summed E-state index contributed by atoms with van der Waals surface area (Å²) < 4.78 is 5.50. The lowest BCUT2D eigenvalue weighted by Gasteiger charge is -1.88. The minimum atomic E-state index is 0.330. The predicted molar refractivity (Wildman–Crippen MR) is 55.4 cm³/mol. The number of oxazole rings is 1. The molecule has 2 aromatic heterocycles.